The molecule has 3 atom stereocenters. The number of anilines is 1. The molecule has 1 aromatic carbocycles. The van der Waals surface area contributed by atoms with Gasteiger partial charge in [-0.05, 0) is 57.4 Å². The zero-order valence-corrected chi connectivity index (χ0v) is 15.6. The maximum absolute atomic E-state index is 12.2. The van der Waals surface area contributed by atoms with E-state index < -0.39 is 24.0 Å². The number of carboxylic acids is 1. The van der Waals surface area contributed by atoms with Gasteiger partial charge >= 0.3 is 5.97 Å². The highest BCUT2D eigenvalue weighted by molar-refractivity contribution is 5.98. The number of hydrogen-bond donors (Lipinski definition) is 3. The summed E-state index contributed by atoms with van der Waals surface area (Å²) < 4.78 is 11.2. The first-order valence-corrected chi connectivity index (χ1v) is 9.04. The Balaban J connectivity index is 1.81. The number of carbonyl (C=O) groups excluding carboxylic acids is 2. The molecule has 8 heteroatoms. The summed E-state index contributed by atoms with van der Waals surface area (Å²) >= 11 is 0. The molecule has 148 valence electrons. The van der Waals surface area contributed by atoms with Crippen molar-refractivity contribution in [2.24, 2.45) is 0 Å². The second kappa shape index (κ2) is 10.0. The van der Waals surface area contributed by atoms with Gasteiger partial charge in [0.05, 0.1) is 12.7 Å². The molecule has 0 aromatic heterocycles. The predicted octanol–water partition coefficient (Wildman–Crippen LogP) is 1.80. The van der Waals surface area contributed by atoms with Gasteiger partial charge in [0.25, 0.3) is 11.8 Å². The molecule has 0 saturated carbocycles. The van der Waals surface area contributed by atoms with Gasteiger partial charge in [0.1, 0.15) is 12.1 Å². The Labute approximate surface area is 158 Å². The Morgan fingerprint density at radius 3 is 2.52 bits per heavy atom. The Bertz CT molecular complexity index is 655. The summed E-state index contributed by atoms with van der Waals surface area (Å²) in [6.45, 7) is 4.18. The highest BCUT2D eigenvalue weighted by Crippen LogP contribution is 2.14. The average Bonchev–Trinajstić information content (AvgIpc) is 2.67. The van der Waals surface area contributed by atoms with Gasteiger partial charge in [-0.3, -0.25) is 14.4 Å². The molecule has 1 aliphatic rings. The first-order chi connectivity index (χ1) is 12.9. The van der Waals surface area contributed by atoms with Crippen molar-refractivity contribution in [2.75, 3.05) is 18.5 Å². The highest BCUT2D eigenvalue weighted by Gasteiger charge is 2.19. The third-order valence-corrected chi connectivity index (χ3v) is 4.31. The van der Waals surface area contributed by atoms with Gasteiger partial charge in [-0.2, -0.15) is 0 Å². The largest absolute Gasteiger partial charge is 0.480 e. The molecular weight excluding hydrogens is 352 g/mol. The van der Waals surface area contributed by atoms with Gasteiger partial charge in [-0.15, -0.1) is 0 Å². The summed E-state index contributed by atoms with van der Waals surface area (Å²) in [5.41, 5.74) is 0.826. The minimum absolute atomic E-state index is 0.0417. The second-order valence-electron chi connectivity index (χ2n) is 6.56. The highest BCUT2D eigenvalue weighted by atomic mass is 16.5. The summed E-state index contributed by atoms with van der Waals surface area (Å²) in [5.74, 6) is -1.89. The average molecular weight is 378 g/mol. The van der Waals surface area contributed by atoms with Gasteiger partial charge < -0.3 is 25.2 Å². The molecule has 0 aliphatic carbocycles. The molecule has 2 rings (SSSR count). The number of nitrogens with one attached hydrogen (secondary N) is 2. The van der Waals surface area contributed by atoms with Crippen LogP contribution >= 0.6 is 0 Å². The van der Waals surface area contributed by atoms with Crippen LogP contribution in [0.25, 0.3) is 0 Å². The third-order valence-electron chi connectivity index (χ3n) is 4.31. The lowest BCUT2D eigenvalue weighted by Gasteiger charge is -2.23. The van der Waals surface area contributed by atoms with E-state index in [9.17, 15) is 14.4 Å². The zero-order chi connectivity index (χ0) is 19.8. The standard InChI is InChI=1S/C19H26N2O6/c1-12(19(24)25)20-18(23)14-6-8-15(9-7-14)21-17(22)13(2)27-11-16-5-3-4-10-26-16/h6-9,12-13,16H,3-5,10-11H2,1-2H3,(H,20,23)(H,21,22)(H,24,25). The summed E-state index contributed by atoms with van der Waals surface area (Å²) in [4.78, 5) is 34.9. The number of rotatable bonds is 8. The van der Waals surface area contributed by atoms with Crippen LogP contribution < -0.4 is 10.6 Å². The Hall–Kier alpha value is -2.45. The van der Waals surface area contributed by atoms with Crippen LogP contribution in [-0.4, -0.2) is 54.4 Å². The van der Waals surface area contributed by atoms with Crippen LogP contribution in [0.2, 0.25) is 0 Å². The molecule has 3 N–H and O–H groups in total. The van der Waals surface area contributed by atoms with Gasteiger partial charge in [0, 0.05) is 17.9 Å². The van der Waals surface area contributed by atoms with E-state index in [1.165, 1.54) is 19.1 Å². The lowest BCUT2D eigenvalue weighted by molar-refractivity contribution is -0.138. The number of aliphatic carboxylic acids is 1. The van der Waals surface area contributed by atoms with Crippen LogP contribution in [-0.2, 0) is 19.1 Å². The molecule has 0 spiro atoms. The van der Waals surface area contributed by atoms with Crippen molar-refractivity contribution in [1.29, 1.82) is 0 Å². The second-order valence-corrected chi connectivity index (χ2v) is 6.56. The van der Waals surface area contributed by atoms with Crippen molar-refractivity contribution in [3.63, 3.8) is 0 Å². The topological polar surface area (TPSA) is 114 Å². The van der Waals surface area contributed by atoms with E-state index in [4.69, 9.17) is 14.6 Å². The molecular formula is C19H26N2O6. The molecule has 1 saturated heterocycles. The molecule has 0 radical (unpaired) electrons. The van der Waals surface area contributed by atoms with Crippen molar-refractivity contribution in [2.45, 2.75) is 51.4 Å². The molecule has 1 heterocycles. The van der Waals surface area contributed by atoms with E-state index >= 15 is 0 Å². The Morgan fingerprint density at radius 2 is 1.93 bits per heavy atom. The summed E-state index contributed by atoms with van der Waals surface area (Å²) in [7, 11) is 0. The SMILES string of the molecule is CC(NC(=O)c1ccc(NC(=O)C(C)OCC2CCCCO2)cc1)C(=O)O. The van der Waals surface area contributed by atoms with E-state index in [2.05, 4.69) is 10.6 Å². The van der Waals surface area contributed by atoms with Gasteiger partial charge in [0.2, 0.25) is 0 Å². The lowest BCUT2D eigenvalue weighted by Crippen LogP contribution is -2.38. The van der Waals surface area contributed by atoms with E-state index in [1.807, 2.05) is 0 Å². The van der Waals surface area contributed by atoms with E-state index in [1.54, 1.807) is 19.1 Å². The molecule has 8 nitrogen and oxygen atoms in total. The van der Waals surface area contributed by atoms with E-state index in [-0.39, 0.29) is 12.0 Å². The fraction of sp³-hybridized carbons (Fsp3) is 0.526. The molecule has 1 aliphatic heterocycles. The van der Waals surface area contributed by atoms with E-state index in [0.717, 1.165) is 25.9 Å². The van der Waals surface area contributed by atoms with Crippen LogP contribution in [0.5, 0.6) is 0 Å². The van der Waals surface area contributed by atoms with Crippen LogP contribution in [0.15, 0.2) is 24.3 Å². The molecule has 0 bridgehead atoms. The van der Waals surface area contributed by atoms with Crippen LogP contribution in [0.1, 0.15) is 43.5 Å². The molecule has 2 amide bonds. The zero-order valence-electron chi connectivity index (χ0n) is 15.6. The van der Waals surface area contributed by atoms with Gasteiger partial charge in [0.15, 0.2) is 0 Å². The smallest absolute Gasteiger partial charge is 0.325 e. The predicted molar refractivity (Wildman–Crippen MR) is 98.6 cm³/mol. The van der Waals surface area contributed by atoms with Crippen molar-refractivity contribution in [1.82, 2.24) is 5.32 Å². The van der Waals surface area contributed by atoms with E-state index in [0.29, 0.717) is 17.9 Å². The maximum atomic E-state index is 12.2. The van der Waals surface area contributed by atoms with Gasteiger partial charge in [-0.25, -0.2) is 0 Å². The third kappa shape index (κ3) is 6.65. The molecule has 27 heavy (non-hydrogen) atoms. The minimum atomic E-state index is -1.11. The van der Waals surface area contributed by atoms with Gasteiger partial charge in [-0.1, -0.05) is 0 Å². The van der Waals surface area contributed by atoms with Crippen molar-refractivity contribution < 1.29 is 29.0 Å². The number of carboxylic acid groups (broad SMARTS) is 1. The fourth-order valence-corrected chi connectivity index (χ4v) is 2.56. The van der Waals surface area contributed by atoms with Crippen LogP contribution in [0, 0.1) is 0 Å². The lowest BCUT2D eigenvalue weighted by atomic mass is 10.1. The first-order valence-electron chi connectivity index (χ1n) is 9.04. The fourth-order valence-electron chi connectivity index (χ4n) is 2.56. The number of amides is 2. The molecule has 1 aromatic rings. The quantitative estimate of drug-likeness (QED) is 0.636. The number of hydrogen-bond acceptors (Lipinski definition) is 5. The number of ether oxygens (including phenoxy) is 2. The summed E-state index contributed by atoms with van der Waals surface area (Å²) in [6, 6.07) is 5.20. The van der Waals surface area contributed by atoms with Crippen LogP contribution in [0.4, 0.5) is 5.69 Å². The van der Waals surface area contributed by atoms with Crippen molar-refractivity contribution in [3.8, 4) is 0 Å². The molecule has 3 unspecified atom stereocenters. The number of carbonyl (C=O) groups is 3. The maximum Gasteiger partial charge on any atom is 0.325 e. The van der Waals surface area contributed by atoms with Crippen molar-refractivity contribution >= 4 is 23.5 Å². The van der Waals surface area contributed by atoms with Crippen molar-refractivity contribution in [3.05, 3.63) is 29.8 Å². The molecule has 1 fully saturated rings. The summed E-state index contributed by atoms with van der Waals surface area (Å²) in [5, 5.41) is 13.9. The normalized spacial score (nSPS) is 19.0. The number of benzene rings is 1. The Morgan fingerprint density at radius 1 is 1.22 bits per heavy atom. The van der Waals surface area contributed by atoms with Crippen LogP contribution in [0.3, 0.4) is 0 Å². The summed E-state index contributed by atoms with van der Waals surface area (Å²) in [6.07, 6.45) is 2.53. The first kappa shape index (κ1) is 20.9. The Kier molecular flexibility index (Phi) is 7.75. The monoisotopic (exact) mass is 378 g/mol. The minimum Gasteiger partial charge on any atom is -0.480 e.